The number of fused-ring (bicyclic) bond motifs is 1. The Balaban J connectivity index is 1.30. The van der Waals surface area contributed by atoms with Crippen molar-refractivity contribution >= 4 is 11.6 Å². The molecule has 4 heterocycles. The number of aryl methyl sites for hydroxylation is 1. The standard InChI is InChI=1S/C23H23FN6O2/c1-15-21(29-11-5-4-8-19(29)25-15)22(31)28-12-9-16(10-13-28)14-20-26-27-23(32)30(20)18-7-3-2-6-17(18)24/h2-8,11,16H,9-10,12-14H2,1H3,(H,27,32). The van der Waals surface area contributed by atoms with Gasteiger partial charge in [0.1, 0.15) is 23.0 Å². The van der Waals surface area contributed by atoms with Crippen LogP contribution in [0.1, 0.15) is 34.8 Å². The fourth-order valence-electron chi connectivity index (χ4n) is 4.47. The predicted octanol–water partition coefficient (Wildman–Crippen LogP) is 2.75. The fraction of sp³-hybridized carbons (Fsp3) is 0.304. The normalized spacial score (nSPS) is 14.9. The molecule has 0 radical (unpaired) electrons. The predicted molar refractivity (Wildman–Crippen MR) is 116 cm³/mol. The molecule has 164 valence electrons. The Labute approximate surface area is 183 Å². The SMILES string of the molecule is Cc1nc2ccccn2c1C(=O)N1CCC(Cc2n[nH]c(=O)n2-c2ccccc2F)CC1. The lowest BCUT2D eigenvalue weighted by molar-refractivity contribution is 0.0682. The van der Waals surface area contributed by atoms with Crippen LogP contribution in [0.2, 0.25) is 0 Å². The van der Waals surface area contributed by atoms with Gasteiger partial charge < -0.3 is 4.90 Å². The molecule has 3 aromatic heterocycles. The molecule has 1 saturated heterocycles. The van der Waals surface area contributed by atoms with Crippen LogP contribution < -0.4 is 5.69 Å². The summed E-state index contributed by atoms with van der Waals surface area (Å²) in [5.74, 6) is 0.245. The zero-order valence-corrected chi connectivity index (χ0v) is 17.7. The van der Waals surface area contributed by atoms with Crippen molar-refractivity contribution in [2.75, 3.05) is 13.1 Å². The number of amides is 1. The maximum absolute atomic E-state index is 14.3. The molecule has 0 unspecified atom stereocenters. The van der Waals surface area contributed by atoms with Crippen LogP contribution in [-0.2, 0) is 6.42 Å². The smallest absolute Gasteiger partial charge is 0.337 e. The van der Waals surface area contributed by atoms with Gasteiger partial charge in [-0.15, -0.1) is 0 Å². The molecule has 32 heavy (non-hydrogen) atoms. The summed E-state index contributed by atoms with van der Waals surface area (Å²) in [5, 5.41) is 6.57. The van der Waals surface area contributed by atoms with Crippen LogP contribution in [-0.4, -0.2) is 48.0 Å². The number of aromatic nitrogens is 5. The Bertz CT molecular complexity index is 1350. The number of likely N-dealkylation sites (tertiary alicyclic amines) is 1. The van der Waals surface area contributed by atoms with E-state index >= 15 is 0 Å². The first-order chi connectivity index (χ1) is 15.5. The number of H-pyrrole nitrogens is 1. The van der Waals surface area contributed by atoms with E-state index in [0.717, 1.165) is 18.5 Å². The third-order valence-electron chi connectivity index (χ3n) is 6.11. The average molecular weight is 434 g/mol. The van der Waals surface area contributed by atoms with Crippen molar-refractivity contribution in [3.8, 4) is 5.69 Å². The summed E-state index contributed by atoms with van der Waals surface area (Å²) in [6, 6.07) is 11.8. The first-order valence-electron chi connectivity index (χ1n) is 10.7. The number of rotatable bonds is 4. The molecular formula is C23H23FN6O2. The molecule has 1 aliphatic rings. The highest BCUT2D eigenvalue weighted by Crippen LogP contribution is 2.24. The molecule has 0 saturated carbocycles. The molecule has 0 bridgehead atoms. The monoisotopic (exact) mass is 434 g/mol. The van der Waals surface area contributed by atoms with Gasteiger partial charge in [0.15, 0.2) is 0 Å². The van der Waals surface area contributed by atoms with Gasteiger partial charge in [-0.2, -0.15) is 5.10 Å². The van der Waals surface area contributed by atoms with Gasteiger partial charge in [0.2, 0.25) is 0 Å². The molecule has 1 aliphatic heterocycles. The van der Waals surface area contributed by atoms with Crippen LogP contribution in [0.15, 0.2) is 53.5 Å². The van der Waals surface area contributed by atoms with Crippen molar-refractivity contribution in [1.82, 2.24) is 29.0 Å². The summed E-state index contributed by atoms with van der Waals surface area (Å²) in [6.07, 6.45) is 3.94. The minimum absolute atomic E-state index is 0.0253. The van der Waals surface area contributed by atoms with Crippen LogP contribution in [0, 0.1) is 18.7 Å². The summed E-state index contributed by atoms with van der Waals surface area (Å²) in [7, 11) is 0. The number of nitrogens with one attached hydrogen (secondary N) is 1. The minimum atomic E-state index is -0.471. The Hall–Kier alpha value is -3.75. The molecule has 9 heteroatoms. The molecule has 0 aliphatic carbocycles. The summed E-state index contributed by atoms with van der Waals surface area (Å²) < 4.78 is 17.4. The summed E-state index contributed by atoms with van der Waals surface area (Å²) in [6.45, 7) is 3.07. The Kier molecular flexibility index (Phi) is 5.08. The van der Waals surface area contributed by atoms with Crippen LogP contribution in [0.4, 0.5) is 4.39 Å². The summed E-state index contributed by atoms with van der Waals surface area (Å²) in [4.78, 5) is 31.8. The number of aromatic amines is 1. The number of benzene rings is 1. The second-order valence-corrected chi connectivity index (χ2v) is 8.15. The largest absolute Gasteiger partial charge is 0.348 e. The lowest BCUT2D eigenvalue weighted by atomic mass is 9.93. The Morgan fingerprint density at radius 3 is 2.69 bits per heavy atom. The van der Waals surface area contributed by atoms with E-state index in [2.05, 4.69) is 15.2 Å². The average Bonchev–Trinajstić information content (AvgIpc) is 3.33. The topological polar surface area (TPSA) is 88.3 Å². The molecule has 4 aromatic rings. The van der Waals surface area contributed by atoms with Crippen LogP contribution in [0.3, 0.4) is 0 Å². The van der Waals surface area contributed by atoms with Crippen molar-refractivity contribution < 1.29 is 9.18 Å². The van der Waals surface area contributed by atoms with E-state index in [1.807, 2.05) is 40.6 Å². The van der Waals surface area contributed by atoms with Gasteiger partial charge in [0, 0.05) is 25.7 Å². The lowest BCUT2D eigenvalue weighted by Crippen LogP contribution is -2.39. The van der Waals surface area contributed by atoms with E-state index in [9.17, 15) is 14.0 Å². The van der Waals surface area contributed by atoms with Crippen molar-refractivity contribution in [1.29, 1.82) is 0 Å². The van der Waals surface area contributed by atoms with Gasteiger partial charge in [-0.25, -0.2) is 23.8 Å². The van der Waals surface area contributed by atoms with Gasteiger partial charge in [0.25, 0.3) is 5.91 Å². The number of pyridine rings is 1. The number of hydrogen-bond acceptors (Lipinski definition) is 4. The van der Waals surface area contributed by atoms with Crippen molar-refractivity contribution in [3.05, 3.63) is 82.2 Å². The highest BCUT2D eigenvalue weighted by Gasteiger charge is 2.28. The number of para-hydroxylation sites is 1. The van der Waals surface area contributed by atoms with E-state index in [4.69, 9.17) is 0 Å². The Morgan fingerprint density at radius 2 is 1.91 bits per heavy atom. The molecule has 8 nitrogen and oxygen atoms in total. The second-order valence-electron chi connectivity index (χ2n) is 8.15. The molecule has 1 aromatic carbocycles. The number of carbonyl (C=O) groups is 1. The lowest BCUT2D eigenvalue weighted by Gasteiger charge is -2.31. The zero-order chi connectivity index (χ0) is 22.2. The van der Waals surface area contributed by atoms with E-state index in [-0.39, 0.29) is 17.5 Å². The minimum Gasteiger partial charge on any atom is -0.337 e. The quantitative estimate of drug-likeness (QED) is 0.535. The summed E-state index contributed by atoms with van der Waals surface area (Å²) >= 11 is 0. The first-order valence-corrected chi connectivity index (χ1v) is 10.7. The molecule has 0 atom stereocenters. The van der Waals surface area contributed by atoms with Crippen molar-refractivity contribution in [3.63, 3.8) is 0 Å². The number of carbonyl (C=O) groups excluding carboxylic acids is 1. The first kappa shape index (κ1) is 20.2. The number of nitrogens with zero attached hydrogens (tertiary/aromatic N) is 5. The third kappa shape index (κ3) is 3.49. The molecule has 0 spiro atoms. The van der Waals surface area contributed by atoms with E-state index in [1.54, 1.807) is 18.2 Å². The van der Waals surface area contributed by atoms with Crippen molar-refractivity contribution in [2.45, 2.75) is 26.2 Å². The van der Waals surface area contributed by atoms with E-state index in [1.165, 1.54) is 10.6 Å². The molecule has 5 rings (SSSR count). The Morgan fingerprint density at radius 1 is 1.16 bits per heavy atom. The van der Waals surface area contributed by atoms with Gasteiger partial charge in [-0.05, 0) is 49.9 Å². The third-order valence-corrected chi connectivity index (χ3v) is 6.11. The van der Waals surface area contributed by atoms with E-state index in [0.29, 0.717) is 36.7 Å². The van der Waals surface area contributed by atoms with Crippen molar-refractivity contribution in [2.24, 2.45) is 5.92 Å². The highest BCUT2D eigenvalue weighted by atomic mass is 19.1. The number of hydrogen-bond donors (Lipinski definition) is 1. The van der Waals surface area contributed by atoms with Gasteiger partial charge in [-0.1, -0.05) is 18.2 Å². The molecular weight excluding hydrogens is 411 g/mol. The van der Waals surface area contributed by atoms with Gasteiger partial charge >= 0.3 is 5.69 Å². The molecule has 1 fully saturated rings. The molecule has 1 amide bonds. The fourth-order valence-corrected chi connectivity index (χ4v) is 4.47. The highest BCUT2D eigenvalue weighted by molar-refractivity contribution is 5.94. The van der Waals surface area contributed by atoms with Gasteiger partial charge in [0.05, 0.1) is 11.4 Å². The molecule has 1 N–H and O–H groups in total. The zero-order valence-electron chi connectivity index (χ0n) is 17.7. The maximum atomic E-state index is 14.3. The number of halogens is 1. The van der Waals surface area contributed by atoms with Gasteiger partial charge in [-0.3, -0.25) is 9.20 Å². The maximum Gasteiger partial charge on any atom is 0.348 e. The number of imidazole rings is 1. The van der Waals surface area contributed by atoms with E-state index < -0.39 is 11.5 Å². The van der Waals surface area contributed by atoms with Crippen LogP contribution >= 0.6 is 0 Å². The van der Waals surface area contributed by atoms with Crippen LogP contribution in [0.5, 0.6) is 0 Å². The number of piperidine rings is 1. The second kappa shape index (κ2) is 8.07. The summed E-state index contributed by atoms with van der Waals surface area (Å²) in [5.41, 5.74) is 1.80. The van der Waals surface area contributed by atoms with Crippen LogP contribution in [0.25, 0.3) is 11.3 Å².